The summed E-state index contributed by atoms with van der Waals surface area (Å²) in [7, 11) is 0. The van der Waals surface area contributed by atoms with Crippen molar-refractivity contribution in [3.8, 4) is 11.8 Å². The Kier molecular flexibility index (Phi) is 3.33. The minimum Gasteiger partial charge on any atom is -0.507 e. The molecule has 1 aromatic heterocycles. The molecule has 3 N–H and O–H groups in total. The standard InChI is InChI=1S/C20H13FN2O2/c21-12-7-5-11(6-8-12)9-15-17-16(10-22)20(23)25-19(17)14-4-2-1-3-13(14)18(15)24/h1-8,24H,9,23H2. The van der Waals surface area contributed by atoms with Crippen molar-refractivity contribution in [3.05, 3.63) is 71.0 Å². The minimum atomic E-state index is -0.332. The third-order valence-corrected chi connectivity index (χ3v) is 4.36. The van der Waals surface area contributed by atoms with Crippen molar-refractivity contribution in [2.75, 3.05) is 5.73 Å². The van der Waals surface area contributed by atoms with Gasteiger partial charge in [0, 0.05) is 28.1 Å². The van der Waals surface area contributed by atoms with E-state index in [2.05, 4.69) is 6.07 Å². The summed E-state index contributed by atoms with van der Waals surface area (Å²) in [4.78, 5) is 0. The number of rotatable bonds is 2. The molecule has 0 atom stereocenters. The van der Waals surface area contributed by atoms with E-state index in [1.807, 2.05) is 18.2 Å². The average molecular weight is 332 g/mol. The quantitative estimate of drug-likeness (QED) is 0.567. The van der Waals surface area contributed by atoms with Crippen LogP contribution in [0.15, 0.2) is 52.9 Å². The molecule has 0 amide bonds. The van der Waals surface area contributed by atoms with Gasteiger partial charge in [0.05, 0.1) is 0 Å². The van der Waals surface area contributed by atoms with Crippen molar-refractivity contribution in [1.29, 1.82) is 5.26 Å². The first-order valence-corrected chi connectivity index (χ1v) is 7.69. The average Bonchev–Trinajstić information content (AvgIpc) is 2.96. The molecule has 0 aliphatic rings. The summed E-state index contributed by atoms with van der Waals surface area (Å²) < 4.78 is 18.8. The third-order valence-electron chi connectivity index (χ3n) is 4.36. The summed E-state index contributed by atoms with van der Waals surface area (Å²) in [5, 5.41) is 22.1. The molecule has 4 rings (SSSR count). The highest BCUT2D eigenvalue weighted by atomic mass is 19.1. The second-order valence-corrected chi connectivity index (χ2v) is 5.83. The van der Waals surface area contributed by atoms with E-state index in [9.17, 15) is 14.8 Å². The lowest BCUT2D eigenvalue weighted by Gasteiger charge is -2.11. The smallest absolute Gasteiger partial charge is 0.209 e. The second-order valence-electron chi connectivity index (χ2n) is 5.83. The second kappa shape index (κ2) is 5.53. The number of hydrogen-bond donors (Lipinski definition) is 2. The number of phenols is 1. The molecular formula is C20H13FN2O2. The van der Waals surface area contributed by atoms with E-state index in [0.29, 0.717) is 33.7 Å². The number of aromatic hydroxyl groups is 1. The van der Waals surface area contributed by atoms with Crippen LogP contribution in [0.5, 0.6) is 5.75 Å². The highest BCUT2D eigenvalue weighted by Crippen LogP contribution is 2.42. The van der Waals surface area contributed by atoms with Crippen LogP contribution in [-0.4, -0.2) is 5.11 Å². The Morgan fingerprint density at radius 1 is 1.08 bits per heavy atom. The fourth-order valence-corrected chi connectivity index (χ4v) is 3.18. The van der Waals surface area contributed by atoms with Crippen LogP contribution in [-0.2, 0) is 6.42 Å². The molecule has 4 aromatic rings. The summed E-state index contributed by atoms with van der Waals surface area (Å²) in [6.45, 7) is 0. The van der Waals surface area contributed by atoms with Gasteiger partial charge in [-0.1, -0.05) is 36.4 Å². The van der Waals surface area contributed by atoms with Crippen molar-refractivity contribution in [1.82, 2.24) is 0 Å². The van der Waals surface area contributed by atoms with E-state index in [1.54, 1.807) is 18.2 Å². The Labute approximate surface area is 142 Å². The number of nitriles is 1. The predicted molar refractivity (Wildman–Crippen MR) is 93.7 cm³/mol. The Bertz CT molecular complexity index is 1150. The minimum absolute atomic E-state index is 0.0219. The molecule has 0 saturated heterocycles. The monoisotopic (exact) mass is 332 g/mol. The number of anilines is 1. The fraction of sp³-hybridized carbons (Fsp3) is 0.0500. The normalized spacial score (nSPS) is 11.0. The van der Waals surface area contributed by atoms with Crippen molar-refractivity contribution in [2.45, 2.75) is 6.42 Å². The van der Waals surface area contributed by atoms with Crippen LogP contribution < -0.4 is 5.73 Å². The first kappa shape index (κ1) is 15.0. The van der Waals surface area contributed by atoms with E-state index >= 15 is 0 Å². The molecule has 4 nitrogen and oxygen atoms in total. The molecule has 0 bridgehead atoms. The van der Waals surface area contributed by atoms with Crippen molar-refractivity contribution in [3.63, 3.8) is 0 Å². The van der Waals surface area contributed by atoms with Crippen LogP contribution in [0.25, 0.3) is 21.7 Å². The number of fused-ring (bicyclic) bond motifs is 3. The Hall–Kier alpha value is -3.52. The Morgan fingerprint density at radius 2 is 1.76 bits per heavy atom. The van der Waals surface area contributed by atoms with Gasteiger partial charge in [-0.2, -0.15) is 5.26 Å². The first-order chi connectivity index (χ1) is 12.1. The number of nitrogen functional groups attached to an aromatic ring is 1. The van der Waals surface area contributed by atoms with Gasteiger partial charge < -0.3 is 15.3 Å². The molecule has 0 aliphatic carbocycles. The van der Waals surface area contributed by atoms with Gasteiger partial charge in [0.25, 0.3) is 0 Å². The molecule has 0 unspecified atom stereocenters. The molecule has 0 radical (unpaired) electrons. The zero-order valence-electron chi connectivity index (χ0n) is 13.1. The highest BCUT2D eigenvalue weighted by Gasteiger charge is 2.22. The molecule has 0 saturated carbocycles. The summed E-state index contributed by atoms with van der Waals surface area (Å²) >= 11 is 0. The number of halogens is 1. The topological polar surface area (TPSA) is 83.2 Å². The molecular weight excluding hydrogens is 319 g/mol. The van der Waals surface area contributed by atoms with Crippen molar-refractivity contribution in [2.24, 2.45) is 0 Å². The summed E-state index contributed by atoms with van der Waals surface area (Å²) in [5.41, 5.74) is 7.88. The Morgan fingerprint density at radius 3 is 2.44 bits per heavy atom. The van der Waals surface area contributed by atoms with E-state index in [-0.39, 0.29) is 23.0 Å². The fourth-order valence-electron chi connectivity index (χ4n) is 3.18. The molecule has 0 aliphatic heterocycles. The number of nitrogens with two attached hydrogens (primary N) is 1. The van der Waals surface area contributed by atoms with Gasteiger partial charge in [0.15, 0.2) is 0 Å². The number of furan rings is 1. The van der Waals surface area contributed by atoms with Crippen LogP contribution in [0.1, 0.15) is 16.7 Å². The van der Waals surface area contributed by atoms with Gasteiger partial charge in [-0.3, -0.25) is 0 Å². The molecule has 3 aromatic carbocycles. The molecule has 25 heavy (non-hydrogen) atoms. The maximum absolute atomic E-state index is 13.2. The number of phenolic OH excluding ortho intramolecular Hbond substituents is 1. The summed E-state index contributed by atoms with van der Waals surface area (Å²) in [5.74, 6) is -0.236. The van der Waals surface area contributed by atoms with Crippen LogP contribution in [0.3, 0.4) is 0 Å². The maximum atomic E-state index is 13.2. The van der Waals surface area contributed by atoms with Gasteiger partial charge in [-0.15, -0.1) is 0 Å². The molecule has 0 spiro atoms. The van der Waals surface area contributed by atoms with Gasteiger partial charge in [0.1, 0.15) is 28.8 Å². The predicted octanol–water partition coefficient (Wildman–Crippen LogP) is 4.48. The van der Waals surface area contributed by atoms with Crippen molar-refractivity contribution >= 4 is 27.6 Å². The Balaban J connectivity index is 2.08. The lowest BCUT2D eigenvalue weighted by molar-refractivity contribution is 0.476. The van der Waals surface area contributed by atoms with Crippen LogP contribution in [0.4, 0.5) is 10.3 Å². The van der Waals surface area contributed by atoms with Crippen LogP contribution in [0.2, 0.25) is 0 Å². The highest BCUT2D eigenvalue weighted by molar-refractivity contribution is 6.12. The lowest BCUT2D eigenvalue weighted by Crippen LogP contribution is -1.94. The first-order valence-electron chi connectivity index (χ1n) is 7.69. The van der Waals surface area contributed by atoms with Gasteiger partial charge in [-0.25, -0.2) is 4.39 Å². The summed E-state index contributed by atoms with van der Waals surface area (Å²) in [6.07, 6.45) is 0.321. The molecule has 5 heteroatoms. The number of hydrogen-bond acceptors (Lipinski definition) is 4. The van der Waals surface area contributed by atoms with Crippen LogP contribution >= 0.6 is 0 Å². The van der Waals surface area contributed by atoms with Gasteiger partial charge in [-0.05, 0) is 17.7 Å². The lowest BCUT2D eigenvalue weighted by atomic mass is 9.94. The third kappa shape index (κ3) is 2.27. The largest absolute Gasteiger partial charge is 0.507 e. The van der Waals surface area contributed by atoms with E-state index in [4.69, 9.17) is 10.2 Å². The zero-order chi connectivity index (χ0) is 17.6. The van der Waals surface area contributed by atoms with E-state index < -0.39 is 0 Å². The van der Waals surface area contributed by atoms with Crippen LogP contribution in [0, 0.1) is 17.1 Å². The SMILES string of the molecule is N#Cc1c(N)oc2c1c(Cc1ccc(F)cc1)c(O)c1ccccc12. The van der Waals surface area contributed by atoms with Crippen molar-refractivity contribution < 1.29 is 13.9 Å². The maximum Gasteiger partial charge on any atom is 0.209 e. The number of nitrogens with zero attached hydrogens (tertiary/aromatic N) is 1. The number of benzene rings is 3. The molecule has 0 fully saturated rings. The molecule has 1 heterocycles. The summed E-state index contributed by atoms with van der Waals surface area (Å²) in [6, 6.07) is 15.3. The van der Waals surface area contributed by atoms with Gasteiger partial charge >= 0.3 is 0 Å². The van der Waals surface area contributed by atoms with E-state index in [0.717, 1.165) is 5.56 Å². The molecule has 122 valence electrons. The van der Waals surface area contributed by atoms with E-state index in [1.165, 1.54) is 12.1 Å². The van der Waals surface area contributed by atoms with Gasteiger partial charge in [0.2, 0.25) is 5.88 Å². The zero-order valence-corrected chi connectivity index (χ0v) is 13.1.